The predicted octanol–water partition coefficient (Wildman–Crippen LogP) is 6.28. The molecule has 0 bridgehead atoms. The number of unbranched alkanes of at least 4 members (excludes halogenated alkanes) is 6. The first kappa shape index (κ1) is 26.8. The van der Waals surface area contributed by atoms with Crippen molar-refractivity contribution < 1.29 is 19.3 Å². The molecule has 174 valence electrons. The molecule has 5 heteroatoms. The molecule has 0 atom stereocenters. The van der Waals surface area contributed by atoms with Crippen LogP contribution in [0.25, 0.3) is 0 Å². The van der Waals surface area contributed by atoms with Crippen molar-refractivity contribution in [3.63, 3.8) is 0 Å². The zero-order valence-corrected chi connectivity index (χ0v) is 20.1. The molecule has 0 aliphatic rings. The largest absolute Gasteiger partial charge is 0.489 e. The number of aliphatic hydroxyl groups excluding tert-OH is 1. The lowest BCUT2D eigenvalue weighted by Crippen LogP contribution is -2.06. The van der Waals surface area contributed by atoms with Gasteiger partial charge >= 0.3 is 0 Å². The molecule has 0 unspecified atom stereocenters. The number of nitrogens with zero attached hydrogens (tertiary/aromatic N) is 1. The van der Waals surface area contributed by atoms with Crippen LogP contribution in [0.3, 0.4) is 0 Å². The molecule has 0 fully saturated rings. The van der Waals surface area contributed by atoms with Crippen LogP contribution in [0.1, 0.15) is 75.6 Å². The van der Waals surface area contributed by atoms with E-state index in [2.05, 4.69) is 4.98 Å². The van der Waals surface area contributed by atoms with E-state index in [0.717, 1.165) is 42.5 Å². The molecule has 0 radical (unpaired) electrons. The fraction of sp³-hybridized carbons (Fsp3) is 0.577. The molecule has 5 nitrogen and oxygen atoms in total. The van der Waals surface area contributed by atoms with Crippen molar-refractivity contribution in [1.29, 1.82) is 0 Å². The Kier molecular flexibility index (Phi) is 14.2. The molecule has 0 aliphatic heterocycles. The summed E-state index contributed by atoms with van der Waals surface area (Å²) in [6, 6.07) is 10.1. The normalized spacial score (nSPS) is 10.3. The van der Waals surface area contributed by atoms with E-state index in [-0.39, 0.29) is 0 Å². The third kappa shape index (κ3) is 9.18. The van der Waals surface area contributed by atoms with Gasteiger partial charge in [-0.1, -0.05) is 76.3 Å². The summed E-state index contributed by atoms with van der Waals surface area (Å²) >= 11 is 0. The highest BCUT2D eigenvalue weighted by Gasteiger charge is 2.20. The molecule has 2 rings (SSSR count). The van der Waals surface area contributed by atoms with E-state index < -0.39 is 0 Å². The van der Waals surface area contributed by atoms with E-state index >= 15 is 0 Å². The summed E-state index contributed by atoms with van der Waals surface area (Å²) in [6.07, 6.45) is 8.83. The number of ether oxygens (including phenoxy) is 3. The van der Waals surface area contributed by atoms with Gasteiger partial charge in [0.05, 0.1) is 19.9 Å². The Labute approximate surface area is 188 Å². The number of methoxy groups -OCH3 is 2. The molecule has 0 spiro atoms. The Hall–Kier alpha value is -2.27. The third-order valence-electron chi connectivity index (χ3n) is 5.11. The maximum absolute atomic E-state index is 8.83. The Balaban J connectivity index is 0.00000233. The van der Waals surface area contributed by atoms with E-state index in [1.54, 1.807) is 14.2 Å². The topological polar surface area (TPSA) is 60.8 Å². The van der Waals surface area contributed by atoms with Crippen molar-refractivity contribution >= 4 is 0 Å². The van der Waals surface area contributed by atoms with Gasteiger partial charge in [0, 0.05) is 12.2 Å². The van der Waals surface area contributed by atoms with Crippen LogP contribution >= 0.6 is 0 Å². The minimum Gasteiger partial charge on any atom is -0.489 e. The second-order valence-electron chi connectivity index (χ2n) is 7.28. The van der Waals surface area contributed by atoms with E-state index in [0.29, 0.717) is 30.6 Å². The monoisotopic (exact) mass is 431 g/mol. The number of hydrogen-bond acceptors (Lipinski definition) is 5. The Morgan fingerprint density at radius 3 is 2.00 bits per heavy atom. The van der Waals surface area contributed by atoms with Gasteiger partial charge in [-0.3, -0.25) is 0 Å². The van der Waals surface area contributed by atoms with E-state index in [4.69, 9.17) is 19.3 Å². The lowest BCUT2D eigenvalue weighted by molar-refractivity contribution is 0.269. The highest BCUT2D eigenvalue weighted by Crippen LogP contribution is 2.40. The fourth-order valence-corrected chi connectivity index (χ4v) is 3.41. The smallest absolute Gasteiger partial charge is 0.261 e. The van der Waals surface area contributed by atoms with Gasteiger partial charge in [-0.25, -0.2) is 4.98 Å². The number of aromatic nitrogens is 1. The molecule has 1 heterocycles. The van der Waals surface area contributed by atoms with Crippen LogP contribution in [0.4, 0.5) is 0 Å². The SMILES string of the molecule is CC.COc1nc(CCCCCCCCCO)c(C)c(OCc2ccccc2)c1OC. The number of benzene rings is 1. The first-order valence-corrected chi connectivity index (χ1v) is 11.6. The number of pyridine rings is 1. The highest BCUT2D eigenvalue weighted by molar-refractivity contribution is 5.54. The summed E-state index contributed by atoms with van der Waals surface area (Å²) in [5.74, 6) is 1.73. The van der Waals surface area contributed by atoms with Crippen LogP contribution in [0.5, 0.6) is 17.4 Å². The molecule has 0 saturated heterocycles. The van der Waals surface area contributed by atoms with Gasteiger partial charge in [-0.05, 0) is 31.7 Å². The van der Waals surface area contributed by atoms with Gasteiger partial charge in [-0.2, -0.15) is 0 Å². The van der Waals surface area contributed by atoms with Gasteiger partial charge in [0.2, 0.25) is 5.75 Å². The maximum Gasteiger partial charge on any atom is 0.261 e. The van der Waals surface area contributed by atoms with Gasteiger partial charge in [0.1, 0.15) is 6.61 Å². The fourth-order valence-electron chi connectivity index (χ4n) is 3.41. The minimum absolute atomic E-state index is 0.304. The maximum atomic E-state index is 8.83. The average Bonchev–Trinajstić information content (AvgIpc) is 2.82. The minimum atomic E-state index is 0.304. The molecule has 2 aromatic rings. The predicted molar refractivity (Wildman–Crippen MR) is 127 cm³/mol. The number of rotatable bonds is 14. The second kappa shape index (κ2) is 16.4. The summed E-state index contributed by atoms with van der Waals surface area (Å²) in [7, 11) is 3.22. The average molecular weight is 432 g/mol. The molecule has 1 N–H and O–H groups in total. The van der Waals surface area contributed by atoms with E-state index in [9.17, 15) is 0 Å². The number of aryl methyl sites for hydroxylation is 1. The number of aliphatic hydroxyl groups is 1. The zero-order valence-electron chi connectivity index (χ0n) is 20.1. The second-order valence-corrected chi connectivity index (χ2v) is 7.28. The molecule has 1 aromatic carbocycles. The molecule has 0 amide bonds. The van der Waals surface area contributed by atoms with Crippen LogP contribution in [-0.4, -0.2) is 30.9 Å². The van der Waals surface area contributed by atoms with Crippen LogP contribution in [0.15, 0.2) is 30.3 Å². The van der Waals surface area contributed by atoms with Crippen molar-refractivity contribution in [3.8, 4) is 17.4 Å². The van der Waals surface area contributed by atoms with Crippen LogP contribution in [-0.2, 0) is 13.0 Å². The molecular weight excluding hydrogens is 390 g/mol. The highest BCUT2D eigenvalue weighted by atomic mass is 16.5. The van der Waals surface area contributed by atoms with Crippen molar-refractivity contribution in [2.24, 2.45) is 0 Å². The molecule has 0 aliphatic carbocycles. The summed E-state index contributed by atoms with van der Waals surface area (Å²) in [4.78, 5) is 4.68. The quantitative estimate of drug-likeness (QED) is 0.357. The molecule has 31 heavy (non-hydrogen) atoms. The molecular formula is C26H41NO4. The lowest BCUT2D eigenvalue weighted by Gasteiger charge is -2.18. The summed E-state index contributed by atoms with van der Waals surface area (Å²) < 4.78 is 17.2. The van der Waals surface area contributed by atoms with Crippen molar-refractivity contribution in [3.05, 3.63) is 47.2 Å². The van der Waals surface area contributed by atoms with Gasteiger partial charge < -0.3 is 19.3 Å². The number of hydrogen-bond donors (Lipinski definition) is 1. The van der Waals surface area contributed by atoms with Crippen molar-refractivity contribution in [2.45, 2.75) is 78.7 Å². The Morgan fingerprint density at radius 1 is 0.806 bits per heavy atom. The summed E-state index contributed by atoms with van der Waals surface area (Å²) in [6.45, 7) is 6.82. The summed E-state index contributed by atoms with van der Waals surface area (Å²) in [5, 5.41) is 8.83. The van der Waals surface area contributed by atoms with Gasteiger partial charge in [-0.15, -0.1) is 0 Å². The molecule has 1 aromatic heterocycles. The Bertz CT molecular complexity index is 719. The lowest BCUT2D eigenvalue weighted by atomic mass is 10.0. The zero-order chi connectivity index (χ0) is 22.9. The third-order valence-corrected chi connectivity index (χ3v) is 5.11. The standard InChI is InChI=1S/C24H35NO4.C2H6/c1-19-21(16-12-7-5-4-6-8-13-17-26)25-24(28-3)23(27-2)22(19)29-18-20-14-10-9-11-15-20;1-2/h9-11,14-15,26H,4-8,12-13,16-18H2,1-3H3;1-2H3. The van der Waals surface area contributed by atoms with Crippen LogP contribution < -0.4 is 14.2 Å². The van der Waals surface area contributed by atoms with E-state index in [1.807, 2.05) is 51.1 Å². The Morgan fingerprint density at radius 2 is 1.42 bits per heavy atom. The first-order valence-electron chi connectivity index (χ1n) is 11.6. The van der Waals surface area contributed by atoms with Crippen molar-refractivity contribution in [1.82, 2.24) is 4.98 Å². The summed E-state index contributed by atoms with van der Waals surface area (Å²) in [5.41, 5.74) is 3.12. The van der Waals surface area contributed by atoms with Gasteiger partial charge in [0.15, 0.2) is 5.75 Å². The first-order chi connectivity index (χ1) is 15.2. The van der Waals surface area contributed by atoms with Gasteiger partial charge in [0.25, 0.3) is 5.88 Å². The van der Waals surface area contributed by atoms with Crippen molar-refractivity contribution in [2.75, 3.05) is 20.8 Å². The van der Waals surface area contributed by atoms with Crippen LogP contribution in [0.2, 0.25) is 0 Å². The van der Waals surface area contributed by atoms with Crippen LogP contribution in [0, 0.1) is 6.92 Å². The molecule has 0 saturated carbocycles. The van der Waals surface area contributed by atoms with E-state index in [1.165, 1.54) is 25.7 Å².